The van der Waals surface area contributed by atoms with E-state index >= 15 is 0 Å². The molecule has 0 bridgehead atoms. The Hall–Kier alpha value is -4.07. The Morgan fingerprint density at radius 1 is 1.09 bits per heavy atom. The maximum Gasteiger partial charge on any atom is 0.255 e. The number of nitrogens with one attached hydrogen (secondary N) is 1. The Morgan fingerprint density at radius 3 is 2.62 bits per heavy atom. The Bertz CT molecular complexity index is 1390. The van der Waals surface area contributed by atoms with Crippen LogP contribution in [-0.2, 0) is 0 Å². The van der Waals surface area contributed by atoms with Gasteiger partial charge in [0.15, 0.2) is 0 Å². The molecule has 1 aliphatic rings. The first-order valence-electron chi connectivity index (χ1n) is 10.9. The van der Waals surface area contributed by atoms with Crippen molar-refractivity contribution in [2.45, 2.75) is 12.5 Å². The van der Waals surface area contributed by atoms with Gasteiger partial charge in [-0.1, -0.05) is 18.2 Å². The van der Waals surface area contributed by atoms with E-state index in [9.17, 15) is 13.6 Å². The molecular formula is C26H22F2N4O2. The third-order valence-electron chi connectivity index (χ3n) is 5.85. The fraction of sp³-hybridized carbons (Fsp3) is 0.192. The van der Waals surface area contributed by atoms with E-state index in [4.69, 9.17) is 4.74 Å². The molecule has 0 fully saturated rings. The Balaban J connectivity index is 1.58. The summed E-state index contributed by atoms with van der Waals surface area (Å²) in [6, 6.07) is 12.4. The molecule has 3 heterocycles. The van der Waals surface area contributed by atoms with Crippen molar-refractivity contribution >= 4 is 22.5 Å². The van der Waals surface area contributed by atoms with Gasteiger partial charge in [-0.05, 0) is 24.3 Å². The second-order valence-electron chi connectivity index (χ2n) is 8.33. The lowest BCUT2D eigenvalue weighted by Gasteiger charge is -2.27. The predicted octanol–water partition coefficient (Wildman–Crippen LogP) is 4.89. The summed E-state index contributed by atoms with van der Waals surface area (Å²) in [5.41, 5.74) is 3.03. The summed E-state index contributed by atoms with van der Waals surface area (Å²) in [5.74, 6) is -0.903. The molecule has 2 aromatic heterocycles. The quantitative estimate of drug-likeness (QED) is 0.470. The van der Waals surface area contributed by atoms with Crippen LogP contribution in [-0.4, -0.2) is 36.6 Å². The lowest BCUT2D eigenvalue weighted by Crippen LogP contribution is -2.33. The minimum Gasteiger partial charge on any atom is -0.493 e. The van der Waals surface area contributed by atoms with Crippen LogP contribution in [0.5, 0.6) is 5.75 Å². The molecule has 0 aliphatic carbocycles. The molecule has 34 heavy (non-hydrogen) atoms. The number of anilines is 1. The predicted molar refractivity (Wildman–Crippen MR) is 126 cm³/mol. The van der Waals surface area contributed by atoms with Crippen LogP contribution in [0.3, 0.4) is 0 Å². The van der Waals surface area contributed by atoms with Gasteiger partial charge in [0, 0.05) is 55.5 Å². The van der Waals surface area contributed by atoms with Crippen LogP contribution in [0, 0.1) is 11.6 Å². The van der Waals surface area contributed by atoms with E-state index in [-0.39, 0.29) is 17.5 Å². The normalized spacial score (nSPS) is 14.9. The van der Waals surface area contributed by atoms with Crippen molar-refractivity contribution in [1.29, 1.82) is 0 Å². The minimum absolute atomic E-state index is 0.188. The van der Waals surface area contributed by atoms with Gasteiger partial charge >= 0.3 is 0 Å². The van der Waals surface area contributed by atoms with E-state index in [1.54, 1.807) is 12.3 Å². The Labute approximate surface area is 195 Å². The summed E-state index contributed by atoms with van der Waals surface area (Å²) in [7, 11) is 3.66. The average Bonchev–Trinajstić information content (AvgIpc) is 2.82. The minimum atomic E-state index is -0.700. The van der Waals surface area contributed by atoms with E-state index in [1.165, 1.54) is 18.3 Å². The number of ether oxygens (including phenoxy) is 1. The molecule has 1 aliphatic heterocycles. The van der Waals surface area contributed by atoms with Crippen molar-refractivity contribution in [2.75, 3.05) is 25.6 Å². The highest BCUT2D eigenvalue weighted by atomic mass is 19.1. The van der Waals surface area contributed by atoms with Crippen molar-refractivity contribution in [3.05, 3.63) is 83.7 Å². The van der Waals surface area contributed by atoms with Gasteiger partial charge in [0.1, 0.15) is 17.4 Å². The molecule has 0 radical (unpaired) electrons. The van der Waals surface area contributed by atoms with Crippen LogP contribution >= 0.6 is 0 Å². The van der Waals surface area contributed by atoms with Crippen LogP contribution in [0.15, 0.2) is 60.9 Å². The van der Waals surface area contributed by atoms with Crippen molar-refractivity contribution in [2.24, 2.45) is 0 Å². The standard InChI is InChI=1S/C26H22F2N4O2/c1-32(2)25-19-7-9-29-23(15-11-16(27)13-17(28)12-15)24(19)30-14-20(25)26(33)31-21-8-10-34-22-6-4-3-5-18(21)22/h3-7,9,11-14,21H,8,10H2,1-2H3,(H,31,33)/t21-/m0/s1. The van der Waals surface area contributed by atoms with Gasteiger partial charge in [-0.15, -0.1) is 0 Å². The number of carbonyl (C=O) groups is 1. The third kappa shape index (κ3) is 3.91. The fourth-order valence-corrected chi connectivity index (χ4v) is 4.39. The first kappa shape index (κ1) is 21.8. The first-order valence-corrected chi connectivity index (χ1v) is 10.9. The summed E-state index contributed by atoms with van der Waals surface area (Å²) >= 11 is 0. The second-order valence-corrected chi connectivity index (χ2v) is 8.33. The molecule has 5 rings (SSSR count). The third-order valence-corrected chi connectivity index (χ3v) is 5.85. The molecule has 1 atom stereocenters. The zero-order chi connectivity index (χ0) is 23.8. The molecule has 0 saturated carbocycles. The molecular weight excluding hydrogens is 438 g/mol. The van der Waals surface area contributed by atoms with Gasteiger partial charge < -0.3 is 15.0 Å². The molecule has 1 N–H and O–H groups in total. The van der Waals surface area contributed by atoms with E-state index in [2.05, 4.69) is 15.3 Å². The van der Waals surface area contributed by atoms with Gasteiger partial charge in [0.2, 0.25) is 0 Å². The average molecular weight is 460 g/mol. The molecule has 1 amide bonds. The lowest BCUT2D eigenvalue weighted by atomic mass is 9.99. The smallest absolute Gasteiger partial charge is 0.255 e. The van der Waals surface area contributed by atoms with Gasteiger partial charge in [-0.2, -0.15) is 0 Å². The van der Waals surface area contributed by atoms with E-state index in [1.807, 2.05) is 43.3 Å². The number of halogens is 2. The van der Waals surface area contributed by atoms with Crippen molar-refractivity contribution in [3.63, 3.8) is 0 Å². The van der Waals surface area contributed by atoms with Crippen molar-refractivity contribution in [3.8, 4) is 17.0 Å². The van der Waals surface area contributed by atoms with Crippen LogP contribution < -0.4 is 15.0 Å². The highest BCUT2D eigenvalue weighted by Crippen LogP contribution is 2.35. The SMILES string of the molecule is CN(C)c1c(C(=O)N[C@H]2CCOc3ccccc32)cnc2c(-c3cc(F)cc(F)c3)nccc12. The maximum absolute atomic E-state index is 13.9. The highest BCUT2D eigenvalue weighted by Gasteiger charge is 2.26. The lowest BCUT2D eigenvalue weighted by molar-refractivity contribution is 0.0925. The summed E-state index contributed by atoms with van der Waals surface area (Å²) in [6.45, 7) is 0.512. The molecule has 0 saturated heterocycles. The van der Waals surface area contributed by atoms with Gasteiger partial charge in [-0.25, -0.2) is 8.78 Å². The Morgan fingerprint density at radius 2 is 1.85 bits per heavy atom. The number of pyridine rings is 2. The number of amides is 1. The number of benzene rings is 2. The molecule has 4 aromatic rings. The number of nitrogens with zero attached hydrogens (tertiary/aromatic N) is 3. The number of fused-ring (bicyclic) bond motifs is 2. The monoisotopic (exact) mass is 460 g/mol. The van der Waals surface area contributed by atoms with Crippen molar-refractivity contribution < 1.29 is 18.3 Å². The van der Waals surface area contributed by atoms with Crippen molar-refractivity contribution in [1.82, 2.24) is 15.3 Å². The number of carbonyl (C=O) groups excluding carboxylic acids is 1. The van der Waals surface area contributed by atoms with Crippen LogP contribution in [0.25, 0.3) is 22.2 Å². The van der Waals surface area contributed by atoms with Gasteiger partial charge in [0.25, 0.3) is 5.91 Å². The van der Waals surface area contributed by atoms with Crippen LogP contribution in [0.2, 0.25) is 0 Å². The van der Waals surface area contributed by atoms with Crippen LogP contribution in [0.1, 0.15) is 28.4 Å². The first-order chi connectivity index (χ1) is 16.4. The molecule has 0 spiro atoms. The Kier molecular flexibility index (Phi) is 5.57. The van der Waals surface area contributed by atoms with Crippen LogP contribution in [0.4, 0.5) is 14.5 Å². The fourth-order valence-electron chi connectivity index (χ4n) is 4.39. The van der Waals surface area contributed by atoms with E-state index in [0.29, 0.717) is 40.9 Å². The zero-order valence-corrected chi connectivity index (χ0v) is 18.7. The summed E-state index contributed by atoms with van der Waals surface area (Å²) < 4.78 is 33.4. The molecule has 172 valence electrons. The highest BCUT2D eigenvalue weighted by molar-refractivity contribution is 6.09. The number of hydrogen-bond acceptors (Lipinski definition) is 5. The zero-order valence-electron chi connectivity index (χ0n) is 18.7. The van der Waals surface area contributed by atoms with Gasteiger partial charge in [0.05, 0.1) is 35.1 Å². The molecule has 0 unspecified atom stereocenters. The second kappa shape index (κ2) is 8.70. The topological polar surface area (TPSA) is 67.4 Å². The summed E-state index contributed by atoms with van der Waals surface area (Å²) in [6.07, 6.45) is 3.69. The number of rotatable bonds is 4. The number of hydrogen-bond donors (Lipinski definition) is 1. The molecule has 6 nitrogen and oxygen atoms in total. The molecule has 8 heteroatoms. The number of para-hydroxylation sites is 1. The largest absolute Gasteiger partial charge is 0.493 e. The summed E-state index contributed by atoms with van der Waals surface area (Å²) in [4.78, 5) is 24.1. The van der Waals surface area contributed by atoms with E-state index < -0.39 is 11.6 Å². The number of aromatic nitrogens is 2. The summed E-state index contributed by atoms with van der Waals surface area (Å²) in [5, 5.41) is 3.76. The van der Waals surface area contributed by atoms with Gasteiger partial charge in [-0.3, -0.25) is 14.8 Å². The molecule has 2 aromatic carbocycles. The maximum atomic E-state index is 13.9. The van der Waals surface area contributed by atoms with E-state index in [0.717, 1.165) is 17.4 Å².